The Bertz CT molecular complexity index is 1620. The number of rotatable bonds is 3. The van der Waals surface area contributed by atoms with E-state index >= 15 is 0 Å². The van der Waals surface area contributed by atoms with E-state index in [2.05, 4.69) is 0 Å². The molecule has 0 unspecified atom stereocenters. The number of cyclic esters (lactones) is 1. The topological polar surface area (TPSA) is 320 Å². The number of carbonyl (C=O) groups excluding carboxylic acids is 1. The lowest BCUT2D eigenvalue weighted by Gasteiger charge is -2.47. The molecule has 0 amide bonds. The first-order valence-electron chi connectivity index (χ1n) is 22.6. The normalized spacial score (nSPS) is 45.2. The van der Waals surface area contributed by atoms with Crippen LogP contribution >= 0.6 is 0 Å². The van der Waals surface area contributed by atoms with Gasteiger partial charge in [-0.05, 0) is 58.8 Å². The van der Waals surface area contributed by atoms with Crippen molar-refractivity contribution in [2.24, 2.45) is 23.5 Å². The molecule has 0 aromatic heterocycles. The summed E-state index contributed by atoms with van der Waals surface area (Å²) >= 11 is 0. The summed E-state index contributed by atoms with van der Waals surface area (Å²) in [5.41, 5.74) is 6.03. The minimum atomic E-state index is -2.42. The van der Waals surface area contributed by atoms with Crippen LogP contribution in [0.4, 0.5) is 0 Å². The van der Waals surface area contributed by atoms with Gasteiger partial charge < -0.3 is 80.9 Å². The SMILES string of the molecule is C[C@@H]1[C@H](O)[C@H](C)/C=C/C=C/CC/C=C/C=C\C=C\C=C\C[C@H](O[C@@H]2O[C@H](C)[C@H](O)[C@H](N)[C@@H]2O)[C@H]2O[C@](O)(C[C@@H](O)[C@@H]2C(=O)O)C[C@H](O)[C@H](O)CC[C@H](O)C[C@H](O)C[C@H](O)CC(=O)O[C@@H]1C. The van der Waals surface area contributed by atoms with Gasteiger partial charge in [-0.3, -0.25) is 9.59 Å². The first-order valence-corrected chi connectivity index (χ1v) is 22.6. The molecule has 3 aliphatic rings. The van der Waals surface area contributed by atoms with Crippen LogP contribution in [-0.4, -0.2) is 166 Å². The fourth-order valence-corrected chi connectivity index (χ4v) is 8.11. The van der Waals surface area contributed by atoms with Crippen molar-refractivity contribution >= 4 is 11.9 Å². The molecule has 0 aromatic rings. The van der Waals surface area contributed by atoms with Crippen LogP contribution in [0.1, 0.15) is 91.9 Å². The molecule has 0 aromatic carbocycles. The predicted octanol–water partition coefficient (Wildman–Crippen LogP) is 0.936. The fourth-order valence-electron chi connectivity index (χ4n) is 8.11. The number of fused-ring (bicyclic) bond motifs is 2. The van der Waals surface area contributed by atoms with Gasteiger partial charge >= 0.3 is 11.9 Å². The van der Waals surface area contributed by atoms with E-state index in [0.717, 1.165) is 12.8 Å². The van der Waals surface area contributed by atoms with E-state index in [4.69, 9.17) is 24.7 Å². The van der Waals surface area contributed by atoms with Crippen molar-refractivity contribution in [1.82, 2.24) is 0 Å². The van der Waals surface area contributed by atoms with Crippen LogP contribution < -0.4 is 5.73 Å². The number of allylic oxidation sites excluding steroid dienone is 10. The summed E-state index contributed by atoms with van der Waals surface area (Å²) in [7, 11) is 0. The maximum Gasteiger partial charge on any atom is 0.311 e. The molecule has 2 bridgehead atoms. The second-order valence-electron chi connectivity index (χ2n) is 17.8. The molecule has 0 spiro atoms. The first kappa shape index (κ1) is 56.1. The zero-order chi connectivity index (χ0) is 48.4. The summed E-state index contributed by atoms with van der Waals surface area (Å²) in [4.78, 5) is 25.2. The predicted molar refractivity (Wildman–Crippen MR) is 237 cm³/mol. The molecule has 0 saturated carbocycles. The van der Waals surface area contributed by atoms with Crippen LogP contribution in [0.15, 0.2) is 72.9 Å². The minimum Gasteiger partial charge on any atom is -0.481 e. The molecule has 0 aliphatic carbocycles. The number of esters is 1. The van der Waals surface area contributed by atoms with Crippen LogP contribution in [0, 0.1) is 17.8 Å². The molecule has 2 fully saturated rings. The molecule has 18 heteroatoms. The van der Waals surface area contributed by atoms with E-state index in [-0.39, 0.29) is 38.0 Å². The number of carbonyl (C=O) groups is 2. The van der Waals surface area contributed by atoms with Crippen molar-refractivity contribution < 1.29 is 84.7 Å². The Balaban J connectivity index is 1.85. The molecular weight excluding hydrogens is 851 g/mol. The number of aliphatic carboxylic acids is 1. The Morgan fingerprint density at radius 2 is 1.29 bits per heavy atom. The maximum atomic E-state index is 12.6. The molecule has 13 N–H and O–H groups in total. The standard InChI is InChI=1S/C47H75NO17/c1-27-18-16-14-12-10-8-6-5-7-9-11-13-15-17-19-37(64-46-43(58)40(48)42(57)30(4)63-46)44-39(45(59)60)36(54)26-47(61,65-44)25-35(53)34(52)21-20-31(49)22-32(50)23-33(51)24-38(55)62-29(3)28(2)41(27)56/h5-7,9,11-18,27-37,39-44,46,49-54,56-58,61H,8,10,19-26,48H2,1-4H3,(H,59,60)/b6-5+,9-7-,13-11+,14-12+,17-15+,18-16+/t27-,28+,29-,30-,31+,32+,33+,34-,35+,36-,37+,39+,40+,41-,42+,43+,44-,46+,47+/m1/s1. The van der Waals surface area contributed by atoms with E-state index in [1.54, 1.807) is 44.2 Å². The van der Waals surface area contributed by atoms with Gasteiger partial charge in [-0.15, -0.1) is 0 Å². The molecule has 3 rings (SSSR count). The Morgan fingerprint density at radius 1 is 0.708 bits per heavy atom. The summed E-state index contributed by atoms with van der Waals surface area (Å²) in [5.74, 6) is -7.03. The summed E-state index contributed by atoms with van der Waals surface area (Å²) in [6.45, 7) is 6.75. The zero-order valence-electron chi connectivity index (χ0n) is 37.8. The summed E-state index contributed by atoms with van der Waals surface area (Å²) < 4.78 is 23.3. The fraction of sp³-hybridized carbons (Fsp3) is 0.702. The molecular formula is C47H75NO17. The lowest BCUT2D eigenvalue weighted by Crippen LogP contribution is -2.63. The van der Waals surface area contributed by atoms with Crippen LogP contribution in [0.3, 0.4) is 0 Å². The largest absolute Gasteiger partial charge is 0.481 e. The molecule has 18 nitrogen and oxygen atoms in total. The minimum absolute atomic E-state index is 0.111. The lowest BCUT2D eigenvalue weighted by molar-refractivity contribution is -0.339. The van der Waals surface area contributed by atoms with E-state index in [1.807, 2.05) is 49.5 Å². The van der Waals surface area contributed by atoms with E-state index in [1.165, 1.54) is 6.92 Å². The smallest absolute Gasteiger partial charge is 0.311 e. The highest BCUT2D eigenvalue weighted by atomic mass is 16.7. The van der Waals surface area contributed by atoms with Crippen LogP contribution in [0.2, 0.25) is 0 Å². The molecule has 3 aliphatic heterocycles. The number of carboxylic acid groups (broad SMARTS) is 1. The van der Waals surface area contributed by atoms with E-state index in [0.29, 0.717) is 0 Å². The van der Waals surface area contributed by atoms with Gasteiger partial charge in [0.05, 0.1) is 73.5 Å². The highest BCUT2D eigenvalue weighted by Gasteiger charge is 2.54. The third-order valence-electron chi connectivity index (χ3n) is 12.3. The maximum absolute atomic E-state index is 12.6. The van der Waals surface area contributed by atoms with Gasteiger partial charge in [0, 0.05) is 24.7 Å². The number of aliphatic hydroxyl groups is 10. The number of aliphatic hydroxyl groups excluding tert-OH is 9. The third kappa shape index (κ3) is 18.4. The average Bonchev–Trinajstić information content (AvgIpc) is 3.22. The molecule has 3 heterocycles. The third-order valence-corrected chi connectivity index (χ3v) is 12.3. The Hall–Kier alpha value is -3.18. The highest BCUT2D eigenvalue weighted by Crippen LogP contribution is 2.39. The van der Waals surface area contributed by atoms with Crippen molar-refractivity contribution in [3.8, 4) is 0 Å². The van der Waals surface area contributed by atoms with Crippen molar-refractivity contribution in [2.75, 3.05) is 0 Å². The van der Waals surface area contributed by atoms with Gasteiger partial charge in [0.15, 0.2) is 12.1 Å². The van der Waals surface area contributed by atoms with Crippen molar-refractivity contribution in [3.05, 3.63) is 72.9 Å². The van der Waals surface area contributed by atoms with E-state index < -0.39 is 141 Å². The lowest BCUT2D eigenvalue weighted by atomic mass is 9.82. The van der Waals surface area contributed by atoms with Crippen LogP contribution in [-0.2, 0) is 28.5 Å². The van der Waals surface area contributed by atoms with Gasteiger partial charge in [0.1, 0.15) is 24.2 Å². The monoisotopic (exact) mass is 926 g/mol. The van der Waals surface area contributed by atoms with Crippen LogP contribution in [0.25, 0.3) is 0 Å². The molecule has 0 radical (unpaired) electrons. The quantitative estimate of drug-likeness (QED) is 0.175. The number of hydrogen-bond acceptors (Lipinski definition) is 17. The summed E-state index contributed by atoms with van der Waals surface area (Å²) in [5, 5.41) is 119. The number of carboxylic acids is 1. The van der Waals surface area contributed by atoms with Gasteiger partial charge in [0.25, 0.3) is 0 Å². The van der Waals surface area contributed by atoms with Crippen LogP contribution in [0.5, 0.6) is 0 Å². The molecule has 65 heavy (non-hydrogen) atoms. The van der Waals surface area contributed by atoms with Gasteiger partial charge in [-0.2, -0.15) is 0 Å². The van der Waals surface area contributed by atoms with Crippen molar-refractivity contribution in [1.29, 1.82) is 0 Å². The zero-order valence-corrected chi connectivity index (χ0v) is 37.8. The number of ether oxygens (including phenoxy) is 4. The Kier molecular flexibility index (Phi) is 23.8. The second-order valence-corrected chi connectivity index (χ2v) is 17.8. The second kappa shape index (κ2) is 27.6. The molecule has 2 saturated heterocycles. The van der Waals surface area contributed by atoms with Crippen molar-refractivity contribution in [3.63, 3.8) is 0 Å². The van der Waals surface area contributed by atoms with E-state index in [9.17, 15) is 65.8 Å². The number of nitrogens with two attached hydrogens (primary N) is 1. The van der Waals surface area contributed by atoms with Gasteiger partial charge in [0.2, 0.25) is 0 Å². The summed E-state index contributed by atoms with van der Waals surface area (Å²) in [6.07, 6.45) is 1.78. The first-order chi connectivity index (χ1) is 30.6. The Labute approximate surface area is 381 Å². The molecule has 19 atom stereocenters. The summed E-state index contributed by atoms with van der Waals surface area (Å²) in [6, 6.07) is -1.20. The highest BCUT2D eigenvalue weighted by molar-refractivity contribution is 5.72. The van der Waals surface area contributed by atoms with Gasteiger partial charge in [-0.1, -0.05) is 86.8 Å². The Morgan fingerprint density at radius 3 is 1.94 bits per heavy atom. The van der Waals surface area contributed by atoms with Crippen molar-refractivity contribution in [2.45, 2.75) is 189 Å². The average molecular weight is 926 g/mol. The molecule has 370 valence electrons. The number of hydrogen-bond donors (Lipinski definition) is 12. The van der Waals surface area contributed by atoms with Gasteiger partial charge in [-0.25, -0.2) is 0 Å².